The predicted octanol–water partition coefficient (Wildman–Crippen LogP) is -1.28. The molecule has 0 aliphatic rings. The number of carbonyl (C=O) groups is 1. The maximum absolute atomic E-state index is 10.2. The van der Waals surface area contributed by atoms with Crippen molar-refractivity contribution in [2.45, 2.75) is 0 Å². The van der Waals surface area contributed by atoms with Crippen LogP contribution < -0.4 is 11.1 Å². The molecule has 12 heavy (non-hydrogen) atoms. The van der Waals surface area contributed by atoms with Crippen molar-refractivity contribution in [1.82, 2.24) is 5.32 Å². The van der Waals surface area contributed by atoms with E-state index in [1.807, 2.05) is 0 Å². The summed E-state index contributed by atoms with van der Waals surface area (Å²) in [5, 5.41) is 2.82. The lowest BCUT2D eigenvalue weighted by molar-refractivity contribution is -0.117. The molecule has 0 saturated heterocycles. The topological polar surface area (TPSA) is 73.6 Å². The fourth-order valence-corrected chi connectivity index (χ4v) is 0.600. The molecule has 0 radical (unpaired) electrons. The van der Waals surface area contributed by atoms with E-state index in [2.05, 4.69) is 5.32 Å². The van der Waals surface area contributed by atoms with Crippen molar-refractivity contribution < 1.29 is 14.3 Å². The van der Waals surface area contributed by atoms with Crippen LogP contribution in [-0.2, 0) is 14.3 Å². The molecule has 0 bridgehead atoms. The monoisotopic (exact) mass is 176 g/mol. The van der Waals surface area contributed by atoms with Crippen molar-refractivity contribution in [1.29, 1.82) is 0 Å². The van der Waals surface area contributed by atoms with Gasteiger partial charge in [0.05, 0.1) is 26.4 Å². The third-order valence-electron chi connectivity index (χ3n) is 1.15. The van der Waals surface area contributed by atoms with Crippen LogP contribution in [0.15, 0.2) is 0 Å². The first-order chi connectivity index (χ1) is 5.77. The zero-order valence-corrected chi connectivity index (χ0v) is 7.34. The van der Waals surface area contributed by atoms with Crippen LogP contribution in [0, 0.1) is 0 Å². The highest BCUT2D eigenvalue weighted by Gasteiger charge is 1.91. The summed E-state index contributed by atoms with van der Waals surface area (Å²) in [6.45, 7) is 2.57. The normalized spacial score (nSPS) is 10.1. The quantitative estimate of drug-likeness (QED) is 0.452. The Morgan fingerprint density at radius 1 is 1.42 bits per heavy atom. The minimum atomic E-state index is -0.355. The van der Waals surface area contributed by atoms with Gasteiger partial charge in [-0.25, -0.2) is 0 Å². The van der Waals surface area contributed by atoms with Gasteiger partial charge in [0.2, 0.25) is 5.91 Å². The Morgan fingerprint density at radius 3 is 2.75 bits per heavy atom. The van der Waals surface area contributed by atoms with Crippen LogP contribution in [-0.4, -0.2) is 45.9 Å². The molecule has 0 heterocycles. The fraction of sp³-hybridized carbons (Fsp3) is 0.857. The molecule has 0 saturated carbocycles. The number of amides is 1. The van der Waals surface area contributed by atoms with Gasteiger partial charge >= 0.3 is 0 Å². The van der Waals surface area contributed by atoms with E-state index in [9.17, 15) is 4.79 Å². The number of primary amides is 1. The van der Waals surface area contributed by atoms with Crippen molar-refractivity contribution >= 4 is 5.91 Å². The Hall–Kier alpha value is -0.650. The molecule has 3 N–H and O–H groups in total. The first kappa shape index (κ1) is 11.4. The van der Waals surface area contributed by atoms with Crippen LogP contribution in [0.1, 0.15) is 0 Å². The van der Waals surface area contributed by atoms with Gasteiger partial charge in [-0.3, -0.25) is 4.79 Å². The van der Waals surface area contributed by atoms with Crippen molar-refractivity contribution in [3.05, 3.63) is 0 Å². The SMILES string of the molecule is COCCOCCNCC(N)=O. The number of nitrogens with two attached hydrogens (primary N) is 1. The molecule has 0 aliphatic heterocycles. The van der Waals surface area contributed by atoms with Crippen molar-refractivity contribution in [3.63, 3.8) is 0 Å². The van der Waals surface area contributed by atoms with Gasteiger partial charge < -0.3 is 20.5 Å². The molecular formula is C7H16N2O3. The second-order valence-electron chi connectivity index (χ2n) is 2.25. The standard InChI is InChI=1S/C7H16N2O3/c1-11-4-5-12-3-2-9-6-7(8)10/h9H,2-6H2,1H3,(H2,8,10). The maximum Gasteiger partial charge on any atom is 0.231 e. The minimum absolute atomic E-state index is 0.202. The molecule has 0 aliphatic carbocycles. The van der Waals surface area contributed by atoms with E-state index in [1.54, 1.807) is 7.11 Å². The van der Waals surface area contributed by atoms with Gasteiger partial charge in [-0.2, -0.15) is 0 Å². The number of rotatable bonds is 8. The largest absolute Gasteiger partial charge is 0.382 e. The van der Waals surface area contributed by atoms with Crippen LogP contribution in [0.5, 0.6) is 0 Å². The number of hydrogen-bond donors (Lipinski definition) is 2. The lowest BCUT2D eigenvalue weighted by Gasteiger charge is -2.03. The predicted molar refractivity (Wildman–Crippen MR) is 44.8 cm³/mol. The number of carbonyl (C=O) groups excluding carboxylic acids is 1. The molecule has 0 fully saturated rings. The van der Waals surface area contributed by atoms with E-state index >= 15 is 0 Å². The molecule has 1 amide bonds. The van der Waals surface area contributed by atoms with E-state index in [0.717, 1.165) is 0 Å². The zero-order chi connectivity index (χ0) is 9.23. The van der Waals surface area contributed by atoms with Gasteiger partial charge in [-0.05, 0) is 0 Å². The average molecular weight is 176 g/mol. The number of ether oxygens (including phenoxy) is 2. The molecule has 0 spiro atoms. The number of hydrogen-bond acceptors (Lipinski definition) is 4. The van der Waals surface area contributed by atoms with Gasteiger partial charge in [0, 0.05) is 13.7 Å². The first-order valence-corrected chi connectivity index (χ1v) is 3.83. The third-order valence-corrected chi connectivity index (χ3v) is 1.15. The van der Waals surface area contributed by atoms with Crippen LogP contribution in [0.3, 0.4) is 0 Å². The summed E-state index contributed by atoms with van der Waals surface area (Å²) in [6, 6.07) is 0. The lowest BCUT2D eigenvalue weighted by atomic mass is 10.6. The minimum Gasteiger partial charge on any atom is -0.382 e. The number of methoxy groups -OCH3 is 1. The Morgan fingerprint density at radius 2 is 2.17 bits per heavy atom. The first-order valence-electron chi connectivity index (χ1n) is 3.83. The second-order valence-corrected chi connectivity index (χ2v) is 2.25. The molecule has 72 valence electrons. The van der Waals surface area contributed by atoms with Crippen LogP contribution >= 0.6 is 0 Å². The highest BCUT2D eigenvalue weighted by Crippen LogP contribution is 1.73. The summed E-state index contributed by atoms with van der Waals surface area (Å²) in [6.07, 6.45) is 0. The smallest absolute Gasteiger partial charge is 0.231 e. The van der Waals surface area contributed by atoms with Crippen molar-refractivity contribution in [3.8, 4) is 0 Å². The highest BCUT2D eigenvalue weighted by molar-refractivity contribution is 5.75. The van der Waals surface area contributed by atoms with Gasteiger partial charge in [0.15, 0.2) is 0 Å². The Kier molecular flexibility index (Phi) is 7.99. The van der Waals surface area contributed by atoms with Crippen LogP contribution in [0.2, 0.25) is 0 Å². The highest BCUT2D eigenvalue weighted by atomic mass is 16.5. The molecule has 5 nitrogen and oxygen atoms in total. The second kappa shape index (κ2) is 8.45. The fourth-order valence-electron chi connectivity index (χ4n) is 0.600. The molecule has 0 unspecified atom stereocenters. The molecule has 0 aromatic heterocycles. The van der Waals surface area contributed by atoms with Gasteiger partial charge in [0.1, 0.15) is 0 Å². The Labute approximate surface area is 72.2 Å². The lowest BCUT2D eigenvalue weighted by Crippen LogP contribution is -2.31. The Bertz CT molecular complexity index is 119. The summed E-state index contributed by atoms with van der Waals surface area (Å²) in [5.41, 5.74) is 4.89. The zero-order valence-electron chi connectivity index (χ0n) is 7.34. The summed E-state index contributed by atoms with van der Waals surface area (Å²) >= 11 is 0. The van der Waals surface area contributed by atoms with Crippen molar-refractivity contribution in [2.75, 3.05) is 40.0 Å². The molecule has 0 aromatic rings. The summed E-state index contributed by atoms with van der Waals surface area (Å²) in [4.78, 5) is 10.2. The Balaban J connectivity index is 2.86. The van der Waals surface area contributed by atoms with E-state index in [4.69, 9.17) is 15.2 Å². The van der Waals surface area contributed by atoms with E-state index in [1.165, 1.54) is 0 Å². The molecule has 5 heteroatoms. The maximum atomic E-state index is 10.2. The van der Waals surface area contributed by atoms with Crippen LogP contribution in [0.25, 0.3) is 0 Å². The van der Waals surface area contributed by atoms with Gasteiger partial charge in [-0.1, -0.05) is 0 Å². The average Bonchev–Trinajstić information content (AvgIpc) is 2.02. The van der Waals surface area contributed by atoms with Gasteiger partial charge in [-0.15, -0.1) is 0 Å². The van der Waals surface area contributed by atoms with E-state index < -0.39 is 0 Å². The molecule has 0 aromatic carbocycles. The molecule has 0 atom stereocenters. The molecular weight excluding hydrogens is 160 g/mol. The van der Waals surface area contributed by atoms with E-state index in [0.29, 0.717) is 26.4 Å². The summed E-state index contributed by atoms with van der Waals surface area (Å²) in [5.74, 6) is -0.355. The molecule has 0 rings (SSSR count). The van der Waals surface area contributed by atoms with Crippen molar-refractivity contribution in [2.24, 2.45) is 5.73 Å². The third kappa shape index (κ3) is 9.35. The number of nitrogens with one attached hydrogen (secondary N) is 1. The summed E-state index contributed by atoms with van der Waals surface area (Å²) in [7, 11) is 1.62. The van der Waals surface area contributed by atoms with Crippen LogP contribution in [0.4, 0.5) is 0 Å². The summed E-state index contributed by atoms with van der Waals surface area (Å²) < 4.78 is 9.88. The van der Waals surface area contributed by atoms with E-state index in [-0.39, 0.29) is 12.5 Å². The van der Waals surface area contributed by atoms with Gasteiger partial charge in [0.25, 0.3) is 0 Å².